The van der Waals surface area contributed by atoms with Crippen LogP contribution >= 0.6 is 0 Å². The maximum Gasteiger partial charge on any atom is 0.329 e. The number of hydrogen-bond acceptors (Lipinski definition) is 8. The molecule has 1 aromatic rings. The first-order valence-electron chi connectivity index (χ1n) is 14.8. The van der Waals surface area contributed by atoms with E-state index in [0.717, 1.165) is 5.56 Å². The van der Waals surface area contributed by atoms with E-state index in [4.69, 9.17) is 15.2 Å². The van der Waals surface area contributed by atoms with E-state index in [2.05, 4.69) is 5.32 Å². The number of nitrogens with one attached hydrogen (secondary N) is 1. The molecule has 2 amide bonds. The molecule has 11 nitrogen and oxygen atoms in total. The average molecular weight is 590 g/mol. The molecular weight excluding hydrogens is 542 g/mol. The summed E-state index contributed by atoms with van der Waals surface area (Å²) >= 11 is 0. The van der Waals surface area contributed by atoms with Gasteiger partial charge in [0, 0.05) is 31.7 Å². The van der Waals surface area contributed by atoms with Gasteiger partial charge in [0.1, 0.15) is 24.3 Å². The highest BCUT2D eigenvalue weighted by molar-refractivity contribution is 5.86. The van der Waals surface area contributed by atoms with Crippen LogP contribution in [0.4, 0.5) is 0 Å². The normalized spacial score (nSPS) is 19.6. The maximum absolute atomic E-state index is 13.7. The highest BCUT2D eigenvalue weighted by Gasteiger charge is 2.48. The van der Waals surface area contributed by atoms with Gasteiger partial charge in [0.15, 0.2) is 0 Å². The predicted octanol–water partition coefficient (Wildman–Crippen LogP) is 2.69. The van der Waals surface area contributed by atoms with E-state index in [1.165, 1.54) is 4.90 Å². The third kappa shape index (κ3) is 10.1. The minimum atomic E-state index is -1.36. The van der Waals surface area contributed by atoms with Gasteiger partial charge in [-0.25, -0.2) is 4.79 Å². The molecule has 42 heavy (non-hydrogen) atoms. The average Bonchev–Trinajstić information content (AvgIpc) is 3.33. The Balaban J connectivity index is 2.45. The molecule has 0 saturated carbocycles. The summed E-state index contributed by atoms with van der Waals surface area (Å²) in [5, 5.41) is 12.5. The minimum Gasteiger partial charge on any atom is -0.481 e. The fourth-order valence-electron chi connectivity index (χ4n) is 4.82. The minimum absolute atomic E-state index is 0.0185. The Hall–Kier alpha value is -3.47. The number of aliphatic carboxylic acids is 1. The first-order valence-corrected chi connectivity index (χ1v) is 14.8. The Kier molecular flexibility index (Phi) is 13.4. The van der Waals surface area contributed by atoms with Gasteiger partial charge in [0.05, 0.1) is 12.5 Å². The van der Waals surface area contributed by atoms with E-state index in [-0.39, 0.29) is 49.5 Å². The van der Waals surface area contributed by atoms with Crippen molar-refractivity contribution in [1.29, 1.82) is 0 Å². The zero-order valence-electron chi connectivity index (χ0n) is 25.6. The molecule has 6 unspecified atom stereocenters. The summed E-state index contributed by atoms with van der Waals surface area (Å²) in [4.78, 5) is 65.9. The van der Waals surface area contributed by atoms with Crippen molar-refractivity contribution in [3.63, 3.8) is 0 Å². The number of nitrogens with zero attached hydrogens (tertiary/aromatic N) is 1. The lowest BCUT2D eigenvalue weighted by Crippen LogP contribution is -2.56. The molecule has 0 radical (unpaired) electrons. The van der Waals surface area contributed by atoms with E-state index in [0.29, 0.717) is 6.42 Å². The number of carbonyl (C=O) groups excluding carboxylic acids is 4. The zero-order chi connectivity index (χ0) is 31.6. The maximum atomic E-state index is 13.7. The number of likely N-dealkylation sites (tertiary alicyclic amines) is 1. The second-order valence-corrected chi connectivity index (χ2v) is 11.8. The van der Waals surface area contributed by atoms with Crippen molar-refractivity contribution >= 4 is 29.7 Å². The summed E-state index contributed by atoms with van der Waals surface area (Å²) in [7, 11) is 0. The molecule has 2 rings (SSSR count). The van der Waals surface area contributed by atoms with Crippen LogP contribution < -0.4 is 11.1 Å². The lowest BCUT2D eigenvalue weighted by Gasteiger charge is -2.36. The quantitative estimate of drug-likeness (QED) is 0.261. The molecule has 11 heteroatoms. The van der Waals surface area contributed by atoms with Crippen molar-refractivity contribution in [1.82, 2.24) is 10.2 Å². The number of rotatable bonds is 15. The molecule has 1 aliphatic rings. The third-order valence-electron chi connectivity index (χ3n) is 7.51. The van der Waals surface area contributed by atoms with E-state index < -0.39 is 60.6 Å². The fraction of sp³-hybridized carbons (Fsp3) is 0.645. The van der Waals surface area contributed by atoms with Crippen LogP contribution in [0.2, 0.25) is 0 Å². The number of nitrogens with two attached hydrogens (primary N) is 1. The summed E-state index contributed by atoms with van der Waals surface area (Å²) in [5.74, 6) is -3.96. The SMILES string of the molecule is CCC(C)C(=O)NC(Cc1ccccc1)C(=O)OC(CC(=O)O)C1C(OC(=O)CC(C)C)CCN1C(=O)C(N)C(C)C. The van der Waals surface area contributed by atoms with Gasteiger partial charge < -0.3 is 30.5 Å². The molecule has 4 N–H and O–H groups in total. The largest absolute Gasteiger partial charge is 0.481 e. The molecule has 1 aromatic carbocycles. The second kappa shape index (κ2) is 16.2. The fourth-order valence-corrected chi connectivity index (χ4v) is 4.82. The number of amides is 2. The number of esters is 2. The predicted molar refractivity (Wildman–Crippen MR) is 156 cm³/mol. The van der Waals surface area contributed by atoms with E-state index in [1.54, 1.807) is 45.0 Å². The summed E-state index contributed by atoms with van der Waals surface area (Å²) in [5.41, 5.74) is 6.94. The van der Waals surface area contributed by atoms with Gasteiger partial charge in [-0.05, 0) is 23.8 Å². The Morgan fingerprint density at radius 1 is 1.05 bits per heavy atom. The van der Waals surface area contributed by atoms with Crippen LogP contribution in [0.5, 0.6) is 0 Å². The van der Waals surface area contributed by atoms with Gasteiger partial charge in [-0.2, -0.15) is 0 Å². The van der Waals surface area contributed by atoms with Crippen LogP contribution in [0.15, 0.2) is 30.3 Å². The van der Waals surface area contributed by atoms with Gasteiger partial charge in [-0.3, -0.25) is 19.2 Å². The van der Waals surface area contributed by atoms with Gasteiger partial charge in [0.2, 0.25) is 11.8 Å². The second-order valence-electron chi connectivity index (χ2n) is 11.8. The number of carbonyl (C=O) groups is 5. The van der Waals surface area contributed by atoms with Gasteiger partial charge >= 0.3 is 17.9 Å². The van der Waals surface area contributed by atoms with Gasteiger partial charge in [-0.1, -0.05) is 71.9 Å². The molecule has 0 bridgehead atoms. The molecular formula is C31H47N3O8. The van der Waals surface area contributed by atoms with Crippen LogP contribution in [0.3, 0.4) is 0 Å². The van der Waals surface area contributed by atoms with Crippen molar-refractivity contribution in [2.45, 2.75) is 104 Å². The Labute approximate surface area is 248 Å². The van der Waals surface area contributed by atoms with E-state index >= 15 is 0 Å². The van der Waals surface area contributed by atoms with Crippen LogP contribution in [0.1, 0.15) is 72.8 Å². The van der Waals surface area contributed by atoms with Crippen molar-refractivity contribution in [3.8, 4) is 0 Å². The van der Waals surface area contributed by atoms with Gasteiger partial charge in [-0.15, -0.1) is 0 Å². The summed E-state index contributed by atoms with van der Waals surface area (Å²) in [6, 6.07) is 5.97. The topological polar surface area (TPSA) is 165 Å². The molecule has 234 valence electrons. The highest BCUT2D eigenvalue weighted by Crippen LogP contribution is 2.29. The number of ether oxygens (including phenoxy) is 2. The molecule has 1 heterocycles. The molecule has 0 spiro atoms. The Morgan fingerprint density at radius 3 is 2.24 bits per heavy atom. The number of carboxylic acid groups (broad SMARTS) is 1. The zero-order valence-corrected chi connectivity index (χ0v) is 25.6. The number of carboxylic acids is 1. The molecule has 6 atom stereocenters. The summed E-state index contributed by atoms with van der Waals surface area (Å²) in [6.07, 6.45) is -1.88. The van der Waals surface area contributed by atoms with Crippen LogP contribution in [0, 0.1) is 17.8 Å². The Bertz CT molecular complexity index is 1080. The lowest BCUT2D eigenvalue weighted by molar-refractivity contribution is -0.168. The van der Waals surface area contributed by atoms with Crippen LogP contribution in [-0.4, -0.2) is 76.6 Å². The molecule has 1 saturated heterocycles. The first-order chi connectivity index (χ1) is 19.7. The monoisotopic (exact) mass is 589 g/mol. The van der Waals surface area contributed by atoms with Crippen molar-refractivity contribution in [2.24, 2.45) is 23.5 Å². The summed E-state index contributed by atoms with van der Waals surface area (Å²) in [6.45, 7) is 11.0. The van der Waals surface area contributed by atoms with Gasteiger partial charge in [0.25, 0.3) is 0 Å². The molecule has 1 aliphatic heterocycles. The van der Waals surface area contributed by atoms with Crippen molar-refractivity contribution in [3.05, 3.63) is 35.9 Å². The smallest absolute Gasteiger partial charge is 0.329 e. The standard InChI is InChI=1S/C31H47N3O8/c1-7-20(6)29(38)33-22(16-21-11-9-8-10-12-21)31(40)42-24(17-25(35)36)28-23(41-26(37)15-18(2)3)13-14-34(28)30(39)27(32)19(4)5/h8-12,18-20,22-24,27-28H,7,13-17,32H2,1-6H3,(H,33,38)(H,35,36). The van der Waals surface area contributed by atoms with Crippen molar-refractivity contribution < 1.29 is 38.6 Å². The van der Waals surface area contributed by atoms with E-state index in [1.807, 2.05) is 26.8 Å². The lowest BCUT2D eigenvalue weighted by atomic mass is 9.99. The first kappa shape index (κ1) is 34.7. The van der Waals surface area contributed by atoms with E-state index in [9.17, 15) is 29.1 Å². The number of hydrogen-bond donors (Lipinski definition) is 3. The molecule has 0 aliphatic carbocycles. The molecule has 0 aromatic heterocycles. The highest BCUT2D eigenvalue weighted by atomic mass is 16.6. The third-order valence-corrected chi connectivity index (χ3v) is 7.51. The van der Waals surface area contributed by atoms with Crippen LogP contribution in [-0.2, 0) is 39.9 Å². The van der Waals surface area contributed by atoms with Crippen molar-refractivity contribution in [2.75, 3.05) is 6.54 Å². The van der Waals surface area contributed by atoms with Crippen LogP contribution in [0.25, 0.3) is 0 Å². The summed E-state index contributed by atoms with van der Waals surface area (Å²) < 4.78 is 11.6. The molecule has 1 fully saturated rings. The number of benzene rings is 1. The Morgan fingerprint density at radius 2 is 1.69 bits per heavy atom.